The highest BCUT2D eigenvalue weighted by atomic mass is 16.5. The molecule has 1 aromatic rings. The highest BCUT2D eigenvalue weighted by molar-refractivity contribution is 5.43. The van der Waals surface area contributed by atoms with Crippen molar-refractivity contribution in [1.82, 2.24) is 5.32 Å². The molecule has 1 aliphatic heterocycles. The zero-order valence-corrected chi connectivity index (χ0v) is 8.84. The minimum Gasteiger partial charge on any atom is -0.493 e. The Kier molecular flexibility index (Phi) is 2.73. The van der Waals surface area contributed by atoms with E-state index in [9.17, 15) is 0 Å². The summed E-state index contributed by atoms with van der Waals surface area (Å²) in [6.07, 6.45) is 2.28. The number of hydrogen-bond donors (Lipinski definition) is 1. The molecule has 1 N–H and O–H groups in total. The van der Waals surface area contributed by atoms with Gasteiger partial charge in [0.25, 0.3) is 0 Å². The number of nitrogens with one attached hydrogen (secondary N) is 1. The van der Waals surface area contributed by atoms with Crippen molar-refractivity contribution >= 4 is 0 Å². The smallest absolute Gasteiger partial charge is 0.126 e. The summed E-state index contributed by atoms with van der Waals surface area (Å²) in [5.74, 6) is 1.09. The lowest BCUT2D eigenvalue weighted by molar-refractivity contribution is 0.313. The zero-order valence-electron chi connectivity index (χ0n) is 8.84. The number of hydrogen-bond acceptors (Lipinski definition) is 2. The Morgan fingerprint density at radius 3 is 3.07 bits per heavy atom. The normalized spacial score (nSPS) is 20.9. The fourth-order valence-electron chi connectivity index (χ4n) is 2.06. The van der Waals surface area contributed by atoms with Crippen molar-refractivity contribution in [3.8, 4) is 5.75 Å². The largest absolute Gasteiger partial charge is 0.493 e. The van der Waals surface area contributed by atoms with Crippen molar-refractivity contribution < 1.29 is 4.74 Å². The summed E-state index contributed by atoms with van der Waals surface area (Å²) in [6.45, 7) is 2.95. The maximum Gasteiger partial charge on any atom is 0.126 e. The van der Waals surface area contributed by atoms with Crippen LogP contribution in [0.1, 0.15) is 30.0 Å². The molecule has 2 rings (SSSR count). The van der Waals surface area contributed by atoms with Gasteiger partial charge in [0, 0.05) is 11.6 Å². The first-order chi connectivity index (χ1) is 6.83. The van der Waals surface area contributed by atoms with Crippen molar-refractivity contribution in [3.63, 3.8) is 0 Å². The zero-order chi connectivity index (χ0) is 9.97. The molecule has 0 fully saturated rings. The van der Waals surface area contributed by atoms with Crippen LogP contribution in [0.4, 0.5) is 0 Å². The molecule has 1 aromatic carbocycles. The van der Waals surface area contributed by atoms with Gasteiger partial charge in [0.2, 0.25) is 0 Å². The van der Waals surface area contributed by atoms with Crippen LogP contribution >= 0.6 is 0 Å². The molecule has 0 spiro atoms. The Morgan fingerprint density at radius 1 is 1.43 bits per heavy atom. The van der Waals surface area contributed by atoms with Gasteiger partial charge in [0.05, 0.1) is 6.61 Å². The monoisotopic (exact) mass is 191 g/mol. The summed E-state index contributed by atoms with van der Waals surface area (Å²) in [5, 5.41) is 3.35. The van der Waals surface area contributed by atoms with Crippen molar-refractivity contribution in [2.45, 2.75) is 25.8 Å². The van der Waals surface area contributed by atoms with E-state index in [4.69, 9.17) is 4.74 Å². The number of ether oxygens (including phenoxy) is 1. The number of benzene rings is 1. The van der Waals surface area contributed by atoms with Crippen LogP contribution in [-0.2, 0) is 0 Å². The molecule has 2 nitrogen and oxygen atoms in total. The van der Waals surface area contributed by atoms with Crippen molar-refractivity contribution in [2.24, 2.45) is 0 Å². The fraction of sp³-hybridized carbons (Fsp3) is 0.500. The highest BCUT2D eigenvalue weighted by Crippen LogP contribution is 2.33. The van der Waals surface area contributed by atoms with Crippen LogP contribution in [0, 0.1) is 6.92 Å². The second kappa shape index (κ2) is 4.01. The Balaban J connectivity index is 2.44. The van der Waals surface area contributed by atoms with Gasteiger partial charge in [-0.25, -0.2) is 0 Å². The van der Waals surface area contributed by atoms with Crippen molar-refractivity contribution in [3.05, 3.63) is 29.3 Å². The van der Waals surface area contributed by atoms with Crippen LogP contribution in [0.15, 0.2) is 18.2 Å². The molecule has 0 aliphatic carbocycles. The van der Waals surface area contributed by atoms with Crippen LogP contribution < -0.4 is 10.1 Å². The Bertz CT molecular complexity index is 322. The van der Waals surface area contributed by atoms with E-state index in [0.29, 0.717) is 6.04 Å². The van der Waals surface area contributed by atoms with Gasteiger partial charge in [-0.05, 0) is 32.4 Å². The Morgan fingerprint density at radius 2 is 2.29 bits per heavy atom. The number of fused-ring (bicyclic) bond motifs is 1. The lowest BCUT2D eigenvalue weighted by Gasteiger charge is -2.16. The predicted molar refractivity (Wildman–Crippen MR) is 57.7 cm³/mol. The number of para-hydroxylation sites is 1. The third-order valence-electron chi connectivity index (χ3n) is 2.85. The summed E-state index contributed by atoms with van der Waals surface area (Å²) in [5.41, 5.74) is 2.55. The van der Waals surface area contributed by atoms with E-state index in [1.54, 1.807) is 0 Å². The van der Waals surface area contributed by atoms with Gasteiger partial charge in [0.15, 0.2) is 0 Å². The standard InChI is InChI=1S/C12H17NO/c1-9-5-3-6-10-11(13-2)7-4-8-14-12(9)10/h3,5-6,11,13H,4,7-8H2,1-2H3. The number of aryl methyl sites for hydroxylation is 1. The molecule has 0 saturated carbocycles. The Hall–Kier alpha value is -1.02. The van der Waals surface area contributed by atoms with Gasteiger partial charge in [-0.15, -0.1) is 0 Å². The maximum absolute atomic E-state index is 5.77. The van der Waals surface area contributed by atoms with Gasteiger partial charge in [-0.3, -0.25) is 0 Å². The average Bonchev–Trinajstić information content (AvgIpc) is 2.40. The Labute approximate surface area is 85.3 Å². The second-order valence-corrected chi connectivity index (χ2v) is 3.83. The molecule has 2 heteroatoms. The summed E-state index contributed by atoms with van der Waals surface area (Å²) >= 11 is 0. The quantitative estimate of drug-likeness (QED) is 0.736. The fourth-order valence-corrected chi connectivity index (χ4v) is 2.06. The predicted octanol–water partition coefficient (Wildman–Crippen LogP) is 2.43. The van der Waals surface area contributed by atoms with E-state index in [2.05, 4.69) is 30.4 Å². The molecule has 0 bridgehead atoms. The molecule has 0 radical (unpaired) electrons. The van der Waals surface area contributed by atoms with Gasteiger partial charge in [-0.1, -0.05) is 18.2 Å². The van der Waals surface area contributed by atoms with Gasteiger partial charge >= 0.3 is 0 Å². The molecule has 1 aliphatic rings. The van der Waals surface area contributed by atoms with E-state index >= 15 is 0 Å². The van der Waals surface area contributed by atoms with E-state index in [1.807, 2.05) is 7.05 Å². The molecule has 1 atom stereocenters. The lowest BCUT2D eigenvalue weighted by atomic mass is 10.0. The molecular weight excluding hydrogens is 174 g/mol. The summed E-state index contributed by atoms with van der Waals surface area (Å²) in [6, 6.07) is 6.83. The minimum atomic E-state index is 0.451. The van der Waals surface area contributed by atoms with E-state index < -0.39 is 0 Å². The van der Waals surface area contributed by atoms with Crippen LogP contribution in [0.2, 0.25) is 0 Å². The molecule has 0 amide bonds. The molecule has 76 valence electrons. The van der Waals surface area contributed by atoms with Gasteiger partial charge in [-0.2, -0.15) is 0 Å². The first-order valence-electron chi connectivity index (χ1n) is 5.22. The molecule has 0 aromatic heterocycles. The number of rotatable bonds is 1. The third-order valence-corrected chi connectivity index (χ3v) is 2.85. The SMILES string of the molecule is CNC1CCCOc2c(C)cccc21. The van der Waals surface area contributed by atoms with Gasteiger partial charge in [0.1, 0.15) is 5.75 Å². The van der Waals surface area contributed by atoms with E-state index in [0.717, 1.165) is 25.2 Å². The average molecular weight is 191 g/mol. The maximum atomic E-state index is 5.77. The molecule has 1 heterocycles. The minimum absolute atomic E-state index is 0.451. The molecule has 1 unspecified atom stereocenters. The third kappa shape index (κ3) is 1.62. The molecule has 14 heavy (non-hydrogen) atoms. The first kappa shape index (κ1) is 9.53. The van der Waals surface area contributed by atoms with E-state index in [1.165, 1.54) is 11.1 Å². The van der Waals surface area contributed by atoms with E-state index in [-0.39, 0.29) is 0 Å². The molecular formula is C12H17NO. The lowest BCUT2D eigenvalue weighted by Crippen LogP contribution is -2.15. The second-order valence-electron chi connectivity index (χ2n) is 3.83. The van der Waals surface area contributed by atoms with Crippen LogP contribution in [0.25, 0.3) is 0 Å². The molecule has 0 saturated heterocycles. The summed E-state index contributed by atoms with van der Waals surface area (Å²) in [4.78, 5) is 0. The van der Waals surface area contributed by atoms with Crippen LogP contribution in [-0.4, -0.2) is 13.7 Å². The summed E-state index contributed by atoms with van der Waals surface area (Å²) in [7, 11) is 2.02. The van der Waals surface area contributed by atoms with Crippen molar-refractivity contribution in [1.29, 1.82) is 0 Å². The van der Waals surface area contributed by atoms with Crippen molar-refractivity contribution in [2.75, 3.05) is 13.7 Å². The van der Waals surface area contributed by atoms with Gasteiger partial charge < -0.3 is 10.1 Å². The summed E-state index contributed by atoms with van der Waals surface area (Å²) < 4.78 is 5.77. The highest BCUT2D eigenvalue weighted by Gasteiger charge is 2.18. The first-order valence-corrected chi connectivity index (χ1v) is 5.22. The van der Waals surface area contributed by atoms with Crippen LogP contribution in [0.3, 0.4) is 0 Å². The van der Waals surface area contributed by atoms with Crippen LogP contribution in [0.5, 0.6) is 5.75 Å². The topological polar surface area (TPSA) is 21.3 Å².